The molecule has 178 valence electrons. The summed E-state index contributed by atoms with van der Waals surface area (Å²) in [6.07, 6.45) is 9.56. The first-order chi connectivity index (χ1) is 15.6. The van der Waals surface area contributed by atoms with Gasteiger partial charge in [-0.2, -0.15) is 0 Å². The molecule has 1 aliphatic heterocycles. The first-order valence-corrected chi connectivity index (χ1v) is 12.0. The lowest BCUT2D eigenvalue weighted by molar-refractivity contribution is -0.140. The molecular weight excluding hydrogens is 531 g/mol. The number of imide groups is 1. The predicted molar refractivity (Wildman–Crippen MR) is 137 cm³/mol. The Labute approximate surface area is 212 Å². The van der Waals surface area contributed by atoms with Gasteiger partial charge in [0.1, 0.15) is 5.75 Å². The number of aromatic hydroxyl groups is 1. The molecule has 0 spiro atoms. The van der Waals surface area contributed by atoms with Crippen LogP contribution in [0.5, 0.6) is 5.75 Å². The summed E-state index contributed by atoms with van der Waals surface area (Å²) in [6.45, 7) is 3.89. The van der Waals surface area contributed by atoms with Crippen molar-refractivity contribution in [3.8, 4) is 5.75 Å². The lowest BCUT2D eigenvalue weighted by Gasteiger charge is -2.20. The van der Waals surface area contributed by atoms with Gasteiger partial charge >= 0.3 is 0 Å². The van der Waals surface area contributed by atoms with Crippen LogP contribution in [0.2, 0.25) is 0 Å². The van der Waals surface area contributed by atoms with Crippen LogP contribution in [0, 0.1) is 23.7 Å². The van der Waals surface area contributed by atoms with E-state index in [2.05, 4.69) is 27.8 Å². The van der Waals surface area contributed by atoms with Crippen LogP contribution in [-0.4, -0.2) is 47.4 Å². The molecule has 1 heterocycles. The van der Waals surface area contributed by atoms with Crippen molar-refractivity contribution < 1.29 is 14.7 Å². The molecule has 5 rings (SSSR count). The lowest BCUT2D eigenvalue weighted by Crippen LogP contribution is -2.43. The molecule has 4 aliphatic rings. The van der Waals surface area contributed by atoms with E-state index in [9.17, 15) is 14.7 Å². The molecule has 2 amide bonds. The van der Waals surface area contributed by atoms with Gasteiger partial charge < -0.3 is 15.7 Å². The predicted octanol–water partition coefficient (Wildman–Crippen LogP) is 2.75. The molecule has 2 fully saturated rings. The molecule has 4 atom stereocenters. The Kier molecular flexibility index (Phi) is 7.31. The number of hydrogen-bond donors (Lipinski definition) is 3. The van der Waals surface area contributed by atoms with Gasteiger partial charge in [-0.15, -0.1) is 24.0 Å². The number of fused-ring (bicyclic) bond motifs is 6. The fraction of sp³-hybridized carbons (Fsp3) is 0.560. The molecule has 0 radical (unpaired) electrons. The van der Waals surface area contributed by atoms with Gasteiger partial charge in [-0.25, -0.2) is 4.99 Å². The van der Waals surface area contributed by atoms with Crippen molar-refractivity contribution in [2.24, 2.45) is 28.7 Å². The van der Waals surface area contributed by atoms with E-state index in [0.29, 0.717) is 37.9 Å². The monoisotopic (exact) mass is 564 g/mol. The second-order valence-corrected chi connectivity index (χ2v) is 9.36. The van der Waals surface area contributed by atoms with Gasteiger partial charge in [0.2, 0.25) is 11.8 Å². The maximum Gasteiger partial charge on any atom is 0.233 e. The van der Waals surface area contributed by atoms with Crippen LogP contribution >= 0.6 is 24.0 Å². The second-order valence-electron chi connectivity index (χ2n) is 9.36. The molecule has 3 N–H and O–H groups in total. The van der Waals surface area contributed by atoms with E-state index in [-0.39, 0.29) is 59.5 Å². The Hall–Kier alpha value is -2.10. The van der Waals surface area contributed by atoms with Crippen molar-refractivity contribution in [2.75, 3.05) is 19.6 Å². The average molecular weight is 564 g/mol. The number of allylic oxidation sites excluding steroid dienone is 2. The molecule has 1 aromatic carbocycles. The van der Waals surface area contributed by atoms with Gasteiger partial charge in [0.15, 0.2) is 5.96 Å². The number of hydrogen-bond acceptors (Lipinski definition) is 4. The standard InChI is InChI=1S/C25H32N4O3.HI/c1-2-26-25(28-14-19-18-6-4-3-5-15(18)9-10-20(19)30)27-11-12-29-23(31)21-16-7-8-17(13-16)22(21)24(29)32;/h7-10,16-17,21-22,30H,2-6,11-14H2,1H3,(H2,26,27,28);1H. The number of nitrogens with zero attached hydrogens (tertiary/aromatic N) is 2. The van der Waals surface area contributed by atoms with Crippen molar-refractivity contribution >= 4 is 41.8 Å². The molecule has 33 heavy (non-hydrogen) atoms. The molecule has 8 heteroatoms. The summed E-state index contributed by atoms with van der Waals surface area (Å²) in [5.41, 5.74) is 3.45. The quantitative estimate of drug-likeness (QED) is 0.163. The summed E-state index contributed by atoms with van der Waals surface area (Å²) in [5, 5.41) is 16.9. The molecular formula is C25H33IN4O3. The number of halogens is 1. The Balaban J connectivity index is 0.00000259. The SMILES string of the molecule is CCNC(=NCc1c(O)ccc2c1CCCC2)NCCN1C(=O)C2C3C=CC(C3)C2C1=O.I. The van der Waals surface area contributed by atoms with Crippen molar-refractivity contribution in [3.63, 3.8) is 0 Å². The van der Waals surface area contributed by atoms with Crippen molar-refractivity contribution in [3.05, 3.63) is 41.0 Å². The summed E-state index contributed by atoms with van der Waals surface area (Å²) in [4.78, 5) is 31.8. The van der Waals surface area contributed by atoms with Gasteiger partial charge in [0.25, 0.3) is 0 Å². The normalized spacial score (nSPS) is 27.4. The first kappa shape index (κ1) is 24.0. The minimum atomic E-state index is -0.147. The topological polar surface area (TPSA) is 94.0 Å². The van der Waals surface area contributed by atoms with Crippen LogP contribution in [0.4, 0.5) is 0 Å². The molecule has 1 aromatic rings. The van der Waals surface area contributed by atoms with Crippen LogP contribution in [0.15, 0.2) is 29.3 Å². The zero-order valence-electron chi connectivity index (χ0n) is 19.0. The number of guanidine groups is 1. The molecule has 0 aromatic heterocycles. The molecule has 1 saturated heterocycles. The third-order valence-corrected chi connectivity index (χ3v) is 7.56. The highest BCUT2D eigenvalue weighted by atomic mass is 127. The van der Waals surface area contributed by atoms with Gasteiger partial charge in [-0.05, 0) is 68.1 Å². The van der Waals surface area contributed by atoms with Crippen LogP contribution in [0.1, 0.15) is 42.9 Å². The number of phenolic OH excluding ortho intramolecular Hbond substituents is 1. The summed E-state index contributed by atoms with van der Waals surface area (Å²) in [5.74, 6) is 1.08. The summed E-state index contributed by atoms with van der Waals surface area (Å²) in [7, 11) is 0. The number of likely N-dealkylation sites (tertiary alicyclic amines) is 1. The van der Waals surface area contributed by atoms with E-state index in [4.69, 9.17) is 0 Å². The number of carbonyl (C=O) groups is 2. The van der Waals surface area contributed by atoms with E-state index in [1.54, 1.807) is 6.07 Å². The molecule has 2 bridgehead atoms. The van der Waals surface area contributed by atoms with Crippen LogP contribution in [0.3, 0.4) is 0 Å². The maximum atomic E-state index is 12.8. The number of nitrogens with one attached hydrogen (secondary N) is 2. The minimum absolute atomic E-state index is 0. The molecule has 7 nitrogen and oxygen atoms in total. The lowest BCUT2D eigenvalue weighted by atomic mass is 9.85. The van der Waals surface area contributed by atoms with Gasteiger partial charge in [0, 0.05) is 25.2 Å². The number of aliphatic imine (C=N–C) groups is 1. The third kappa shape index (κ3) is 4.38. The summed E-state index contributed by atoms with van der Waals surface area (Å²) < 4.78 is 0. The Morgan fingerprint density at radius 1 is 1.09 bits per heavy atom. The van der Waals surface area contributed by atoms with Crippen LogP contribution < -0.4 is 10.6 Å². The fourth-order valence-electron chi connectivity index (χ4n) is 6.04. The Bertz CT molecular complexity index is 962. The van der Waals surface area contributed by atoms with E-state index in [0.717, 1.165) is 31.2 Å². The van der Waals surface area contributed by atoms with Crippen molar-refractivity contribution in [1.82, 2.24) is 15.5 Å². The summed E-state index contributed by atoms with van der Waals surface area (Å²) >= 11 is 0. The molecule has 3 aliphatic carbocycles. The number of aryl methyl sites for hydroxylation is 1. The average Bonchev–Trinajstić information content (AvgIpc) is 3.48. The number of amides is 2. The highest BCUT2D eigenvalue weighted by molar-refractivity contribution is 14.0. The number of carbonyl (C=O) groups excluding carboxylic acids is 2. The van der Waals surface area contributed by atoms with Gasteiger partial charge in [0.05, 0.1) is 18.4 Å². The van der Waals surface area contributed by atoms with E-state index >= 15 is 0 Å². The van der Waals surface area contributed by atoms with Crippen molar-refractivity contribution in [1.29, 1.82) is 0 Å². The van der Waals surface area contributed by atoms with Crippen LogP contribution in [-0.2, 0) is 29.0 Å². The number of phenols is 1. The smallest absolute Gasteiger partial charge is 0.233 e. The molecule has 1 saturated carbocycles. The van der Waals surface area contributed by atoms with E-state index < -0.39 is 0 Å². The maximum absolute atomic E-state index is 12.8. The largest absolute Gasteiger partial charge is 0.508 e. The van der Waals surface area contributed by atoms with E-state index in [1.807, 2.05) is 13.0 Å². The highest BCUT2D eigenvalue weighted by Gasteiger charge is 2.58. The number of rotatable bonds is 6. The third-order valence-electron chi connectivity index (χ3n) is 7.56. The highest BCUT2D eigenvalue weighted by Crippen LogP contribution is 2.52. The molecule has 4 unspecified atom stereocenters. The first-order valence-electron chi connectivity index (χ1n) is 12.0. The second kappa shape index (κ2) is 10.0. The fourth-order valence-corrected chi connectivity index (χ4v) is 6.04. The Morgan fingerprint density at radius 3 is 2.48 bits per heavy atom. The zero-order chi connectivity index (χ0) is 22.2. The Morgan fingerprint density at radius 2 is 1.79 bits per heavy atom. The summed E-state index contributed by atoms with van der Waals surface area (Å²) in [6, 6.07) is 3.81. The zero-order valence-corrected chi connectivity index (χ0v) is 21.4. The van der Waals surface area contributed by atoms with Crippen molar-refractivity contribution in [2.45, 2.75) is 45.6 Å². The number of benzene rings is 1. The van der Waals surface area contributed by atoms with E-state index in [1.165, 1.54) is 22.4 Å². The minimum Gasteiger partial charge on any atom is -0.508 e. The van der Waals surface area contributed by atoms with Crippen LogP contribution in [0.25, 0.3) is 0 Å². The van der Waals surface area contributed by atoms with Gasteiger partial charge in [-0.3, -0.25) is 14.5 Å². The van der Waals surface area contributed by atoms with Gasteiger partial charge in [-0.1, -0.05) is 18.2 Å².